The summed E-state index contributed by atoms with van der Waals surface area (Å²) in [5.41, 5.74) is 0.614. The average Bonchev–Trinajstić information content (AvgIpc) is 3.04. The van der Waals surface area contributed by atoms with Crippen LogP contribution in [0.15, 0.2) is 4.99 Å². The Kier molecular flexibility index (Phi) is 5.49. The summed E-state index contributed by atoms with van der Waals surface area (Å²) in [6.07, 6.45) is 8.06. The van der Waals surface area contributed by atoms with E-state index in [4.69, 9.17) is 9.73 Å². The average molecular weight is 267 g/mol. The van der Waals surface area contributed by atoms with E-state index in [1.54, 1.807) is 7.11 Å². The molecule has 0 aromatic heterocycles. The molecule has 1 heterocycles. The van der Waals surface area contributed by atoms with Crippen molar-refractivity contribution in [2.24, 2.45) is 10.4 Å². The van der Waals surface area contributed by atoms with Crippen molar-refractivity contribution in [2.45, 2.75) is 45.4 Å². The van der Waals surface area contributed by atoms with E-state index in [9.17, 15) is 0 Å². The first-order valence-electron chi connectivity index (χ1n) is 7.82. The van der Waals surface area contributed by atoms with Gasteiger partial charge >= 0.3 is 0 Å². The molecule has 0 aromatic rings. The molecule has 0 amide bonds. The topological polar surface area (TPSA) is 36.9 Å². The fraction of sp³-hybridized carbons (Fsp3) is 0.933. The summed E-state index contributed by atoms with van der Waals surface area (Å²) in [5.74, 6) is 1.11. The Hall–Kier alpha value is -0.770. The normalized spacial score (nSPS) is 22.4. The number of rotatable bonds is 5. The van der Waals surface area contributed by atoms with E-state index in [2.05, 4.69) is 17.1 Å². The molecule has 2 rings (SSSR count). The number of guanidine groups is 1. The molecule has 1 N–H and O–H groups in total. The van der Waals surface area contributed by atoms with Crippen LogP contribution in [-0.2, 0) is 4.74 Å². The van der Waals surface area contributed by atoms with Crippen molar-refractivity contribution in [2.75, 3.05) is 39.9 Å². The van der Waals surface area contributed by atoms with Crippen molar-refractivity contribution >= 4 is 5.96 Å². The molecule has 19 heavy (non-hydrogen) atoms. The van der Waals surface area contributed by atoms with Crippen molar-refractivity contribution in [3.05, 3.63) is 0 Å². The minimum atomic E-state index is 0.614. The molecule has 4 heteroatoms. The maximum Gasteiger partial charge on any atom is 0.193 e. The molecule has 0 atom stereocenters. The summed E-state index contributed by atoms with van der Waals surface area (Å²) >= 11 is 0. The first-order chi connectivity index (χ1) is 9.29. The second-order valence-electron chi connectivity index (χ2n) is 5.96. The van der Waals surface area contributed by atoms with Crippen molar-refractivity contribution < 1.29 is 4.74 Å². The van der Waals surface area contributed by atoms with Gasteiger partial charge in [-0.1, -0.05) is 12.8 Å². The van der Waals surface area contributed by atoms with Gasteiger partial charge in [0.1, 0.15) is 0 Å². The third kappa shape index (κ3) is 3.85. The van der Waals surface area contributed by atoms with Crippen LogP contribution in [0.4, 0.5) is 0 Å². The molecular formula is C15H29N3O. The molecule has 2 aliphatic rings. The number of methoxy groups -OCH3 is 1. The van der Waals surface area contributed by atoms with Gasteiger partial charge in [-0.2, -0.15) is 0 Å². The van der Waals surface area contributed by atoms with Crippen LogP contribution in [-0.4, -0.2) is 50.8 Å². The van der Waals surface area contributed by atoms with Crippen molar-refractivity contribution in [3.8, 4) is 0 Å². The van der Waals surface area contributed by atoms with E-state index in [0.29, 0.717) is 5.41 Å². The van der Waals surface area contributed by atoms with Gasteiger partial charge in [0.25, 0.3) is 0 Å². The molecule has 1 spiro atoms. The summed E-state index contributed by atoms with van der Waals surface area (Å²) < 4.78 is 5.08. The first kappa shape index (κ1) is 14.6. The second kappa shape index (κ2) is 7.13. The van der Waals surface area contributed by atoms with E-state index in [0.717, 1.165) is 32.1 Å². The molecule has 4 nitrogen and oxygen atoms in total. The van der Waals surface area contributed by atoms with Gasteiger partial charge in [0.05, 0.1) is 0 Å². The highest BCUT2D eigenvalue weighted by Crippen LogP contribution is 2.45. The minimum absolute atomic E-state index is 0.614. The van der Waals surface area contributed by atoms with Crippen molar-refractivity contribution in [3.63, 3.8) is 0 Å². The number of hydrogen-bond donors (Lipinski definition) is 1. The number of likely N-dealkylation sites (tertiary alicyclic amines) is 1. The molecule has 1 aliphatic carbocycles. The lowest BCUT2D eigenvalue weighted by Gasteiger charge is -2.25. The van der Waals surface area contributed by atoms with Gasteiger partial charge < -0.3 is 15.0 Å². The van der Waals surface area contributed by atoms with Gasteiger partial charge in [-0.25, -0.2) is 0 Å². The zero-order valence-corrected chi connectivity index (χ0v) is 12.6. The summed E-state index contributed by atoms with van der Waals surface area (Å²) in [6.45, 7) is 7.14. The Bertz CT molecular complexity index is 298. The van der Waals surface area contributed by atoms with E-state index in [1.807, 2.05) is 0 Å². The fourth-order valence-electron chi connectivity index (χ4n) is 3.47. The second-order valence-corrected chi connectivity index (χ2v) is 5.96. The minimum Gasteiger partial charge on any atom is -0.385 e. The summed E-state index contributed by atoms with van der Waals surface area (Å²) in [5, 5.41) is 3.44. The Morgan fingerprint density at radius 2 is 2.11 bits per heavy atom. The summed E-state index contributed by atoms with van der Waals surface area (Å²) in [4.78, 5) is 7.21. The molecule has 1 saturated carbocycles. The standard InChI is InChI=1S/C15H29N3O/c1-3-16-14(17-10-6-12-19-2)18-11-9-15(13-18)7-4-5-8-15/h3-13H2,1-2H3,(H,16,17). The molecule has 1 aliphatic heterocycles. The lowest BCUT2D eigenvalue weighted by Crippen LogP contribution is -2.41. The molecule has 0 aromatic carbocycles. The van der Waals surface area contributed by atoms with E-state index in [1.165, 1.54) is 45.2 Å². The van der Waals surface area contributed by atoms with Gasteiger partial charge in [-0.3, -0.25) is 4.99 Å². The van der Waals surface area contributed by atoms with Crippen molar-refractivity contribution in [1.82, 2.24) is 10.2 Å². The number of hydrogen-bond acceptors (Lipinski definition) is 2. The smallest absolute Gasteiger partial charge is 0.193 e. The van der Waals surface area contributed by atoms with Crippen LogP contribution < -0.4 is 5.32 Å². The predicted octanol–water partition coefficient (Wildman–Crippen LogP) is 2.25. The lowest BCUT2D eigenvalue weighted by molar-refractivity contribution is 0.197. The van der Waals surface area contributed by atoms with E-state index < -0.39 is 0 Å². The highest BCUT2D eigenvalue weighted by Gasteiger charge is 2.40. The number of nitrogens with zero attached hydrogens (tertiary/aromatic N) is 2. The largest absolute Gasteiger partial charge is 0.385 e. The molecule has 2 fully saturated rings. The zero-order valence-electron chi connectivity index (χ0n) is 12.6. The van der Waals surface area contributed by atoms with Crippen LogP contribution >= 0.6 is 0 Å². The van der Waals surface area contributed by atoms with Crippen LogP contribution in [0.25, 0.3) is 0 Å². The van der Waals surface area contributed by atoms with Gasteiger partial charge in [0.15, 0.2) is 5.96 Å². The molecular weight excluding hydrogens is 238 g/mol. The Labute approximate surface area is 117 Å². The Balaban J connectivity index is 1.88. The number of nitrogens with one attached hydrogen (secondary N) is 1. The maximum atomic E-state index is 5.08. The molecule has 110 valence electrons. The lowest BCUT2D eigenvalue weighted by atomic mass is 9.86. The van der Waals surface area contributed by atoms with Crippen molar-refractivity contribution in [1.29, 1.82) is 0 Å². The molecule has 0 radical (unpaired) electrons. The van der Waals surface area contributed by atoms with E-state index >= 15 is 0 Å². The Morgan fingerprint density at radius 3 is 2.79 bits per heavy atom. The maximum absolute atomic E-state index is 5.08. The monoisotopic (exact) mass is 267 g/mol. The first-order valence-corrected chi connectivity index (χ1v) is 7.82. The summed E-state index contributed by atoms with van der Waals surface area (Å²) in [7, 11) is 1.75. The Morgan fingerprint density at radius 1 is 1.32 bits per heavy atom. The van der Waals surface area contributed by atoms with Crippen LogP contribution in [0.3, 0.4) is 0 Å². The highest BCUT2D eigenvalue weighted by atomic mass is 16.5. The fourth-order valence-corrected chi connectivity index (χ4v) is 3.47. The van der Waals surface area contributed by atoms with Gasteiger partial charge in [-0.05, 0) is 38.0 Å². The third-order valence-corrected chi connectivity index (χ3v) is 4.51. The zero-order chi connectivity index (χ0) is 13.6. The van der Waals surface area contributed by atoms with Crippen LogP contribution in [0, 0.1) is 5.41 Å². The molecule has 0 unspecified atom stereocenters. The summed E-state index contributed by atoms with van der Waals surface area (Å²) in [6, 6.07) is 0. The SMILES string of the molecule is CCNC(=NCCCOC)N1CCC2(CCCC2)C1. The molecule has 0 bridgehead atoms. The highest BCUT2D eigenvalue weighted by molar-refractivity contribution is 5.80. The molecule has 1 saturated heterocycles. The van der Waals surface area contributed by atoms with Crippen LogP contribution in [0.1, 0.15) is 45.4 Å². The van der Waals surface area contributed by atoms with Crippen LogP contribution in [0.5, 0.6) is 0 Å². The number of aliphatic imine (C=N–C) groups is 1. The van der Waals surface area contributed by atoms with Gasteiger partial charge in [0.2, 0.25) is 0 Å². The quantitative estimate of drug-likeness (QED) is 0.471. The van der Waals surface area contributed by atoms with Gasteiger partial charge in [0, 0.05) is 39.9 Å². The van der Waals surface area contributed by atoms with Crippen LogP contribution in [0.2, 0.25) is 0 Å². The predicted molar refractivity (Wildman–Crippen MR) is 79.6 cm³/mol. The third-order valence-electron chi connectivity index (χ3n) is 4.51. The number of ether oxygens (including phenoxy) is 1. The van der Waals surface area contributed by atoms with Gasteiger partial charge in [-0.15, -0.1) is 0 Å². The van der Waals surface area contributed by atoms with E-state index in [-0.39, 0.29) is 0 Å².